The van der Waals surface area contributed by atoms with E-state index in [9.17, 15) is 9.59 Å². The van der Waals surface area contributed by atoms with Crippen LogP contribution in [0.1, 0.15) is 65.7 Å². The van der Waals surface area contributed by atoms with Crippen molar-refractivity contribution in [3.63, 3.8) is 0 Å². The van der Waals surface area contributed by atoms with Crippen molar-refractivity contribution < 1.29 is 14.3 Å². The summed E-state index contributed by atoms with van der Waals surface area (Å²) in [7, 11) is 0. The minimum atomic E-state index is -0.446. The molecule has 1 aliphatic carbocycles. The van der Waals surface area contributed by atoms with E-state index < -0.39 is 6.04 Å². The molecule has 2 amide bonds. The molecule has 3 atom stereocenters. The van der Waals surface area contributed by atoms with Crippen molar-refractivity contribution in [1.82, 2.24) is 20.5 Å². The number of nitrogens with zero attached hydrogens (tertiary/aromatic N) is 2. The third kappa shape index (κ3) is 4.71. The van der Waals surface area contributed by atoms with Crippen LogP contribution in [-0.4, -0.2) is 39.9 Å². The van der Waals surface area contributed by atoms with Crippen molar-refractivity contribution in [3.8, 4) is 5.75 Å². The first kappa shape index (κ1) is 22.6. The molecule has 7 heteroatoms. The summed E-state index contributed by atoms with van der Waals surface area (Å²) in [6.45, 7) is 7.02. The molecule has 0 radical (unpaired) electrons. The fraction of sp³-hybridized carbons (Fsp3) is 0.444. The van der Waals surface area contributed by atoms with Gasteiger partial charge in [0.05, 0.1) is 0 Å². The molecule has 1 aromatic carbocycles. The number of amides is 2. The van der Waals surface area contributed by atoms with Gasteiger partial charge < -0.3 is 20.3 Å². The van der Waals surface area contributed by atoms with Gasteiger partial charge in [-0.25, -0.2) is 0 Å². The van der Waals surface area contributed by atoms with Crippen molar-refractivity contribution >= 4 is 11.8 Å². The van der Waals surface area contributed by atoms with E-state index in [4.69, 9.17) is 4.74 Å². The summed E-state index contributed by atoms with van der Waals surface area (Å²) in [5.41, 5.74) is 4.49. The minimum absolute atomic E-state index is 0.0774. The number of ether oxygens (including phenoxy) is 1. The molecule has 3 unspecified atom stereocenters. The first-order chi connectivity index (χ1) is 16.5. The first-order valence-corrected chi connectivity index (χ1v) is 12.2. The van der Waals surface area contributed by atoms with Crippen LogP contribution in [0.25, 0.3) is 0 Å². The van der Waals surface area contributed by atoms with Gasteiger partial charge in [0.15, 0.2) is 0 Å². The van der Waals surface area contributed by atoms with Crippen molar-refractivity contribution in [2.24, 2.45) is 0 Å². The number of rotatable bonds is 6. The number of aryl methyl sites for hydroxylation is 1. The van der Waals surface area contributed by atoms with E-state index in [1.165, 1.54) is 12.0 Å². The molecular weight excluding hydrogens is 428 g/mol. The van der Waals surface area contributed by atoms with Crippen molar-refractivity contribution in [2.45, 2.75) is 76.7 Å². The van der Waals surface area contributed by atoms with E-state index in [1.54, 1.807) is 4.90 Å². The van der Waals surface area contributed by atoms with Crippen molar-refractivity contribution in [2.75, 3.05) is 0 Å². The Kier molecular flexibility index (Phi) is 6.37. The van der Waals surface area contributed by atoms with E-state index in [2.05, 4.69) is 28.3 Å². The van der Waals surface area contributed by atoms with Gasteiger partial charge in [-0.2, -0.15) is 0 Å². The van der Waals surface area contributed by atoms with Gasteiger partial charge in [0.2, 0.25) is 5.91 Å². The summed E-state index contributed by atoms with van der Waals surface area (Å²) in [4.78, 5) is 31.5. The molecule has 3 aliphatic rings. The van der Waals surface area contributed by atoms with Crippen LogP contribution in [0, 0.1) is 6.92 Å². The van der Waals surface area contributed by atoms with E-state index in [1.807, 2.05) is 37.4 Å². The number of pyridine rings is 1. The molecule has 2 fully saturated rings. The lowest BCUT2D eigenvalue weighted by Gasteiger charge is -2.33. The highest BCUT2D eigenvalue weighted by Gasteiger charge is 2.38. The Hall–Kier alpha value is -3.19. The fourth-order valence-corrected chi connectivity index (χ4v) is 5.20. The maximum Gasteiger partial charge on any atom is 0.255 e. The summed E-state index contributed by atoms with van der Waals surface area (Å²) < 4.78 is 6.45. The predicted octanol–water partition coefficient (Wildman–Crippen LogP) is 3.62. The van der Waals surface area contributed by atoms with Crippen LogP contribution in [0.3, 0.4) is 0 Å². The molecule has 5 rings (SSSR count). The predicted molar refractivity (Wildman–Crippen MR) is 129 cm³/mol. The Labute approximate surface area is 200 Å². The number of piperidine rings is 1. The molecule has 2 aromatic rings. The standard InChI is InChI=1S/C27H32N4O3/c1-17-7-9-19(14-28-17)15-29-23-5-3-4-6-25(23)34-21-10-11-22-20(13-21)16-31(27(22)33)24-12-8-18(2)30-26(24)32/h7,9-11,13-14,23-25,29H,2-6,8,12,15-16H2,1H3,(H,30,32). The number of allylic oxidation sites excluding steroid dienone is 1. The molecule has 0 bridgehead atoms. The Morgan fingerprint density at radius 1 is 1.18 bits per heavy atom. The van der Waals surface area contributed by atoms with Gasteiger partial charge >= 0.3 is 0 Å². The lowest BCUT2D eigenvalue weighted by molar-refractivity contribution is -0.126. The van der Waals surface area contributed by atoms with Crippen LogP contribution >= 0.6 is 0 Å². The molecule has 0 spiro atoms. The summed E-state index contributed by atoms with van der Waals surface area (Å²) >= 11 is 0. The Balaban J connectivity index is 1.24. The summed E-state index contributed by atoms with van der Waals surface area (Å²) in [6, 6.07) is 9.67. The van der Waals surface area contributed by atoms with Crippen molar-refractivity contribution in [1.29, 1.82) is 0 Å². The first-order valence-electron chi connectivity index (χ1n) is 12.2. The van der Waals surface area contributed by atoms with Gasteiger partial charge in [0, 0.05) is 42.3 Å². The number of carbonyl (C=O) groups excluding carboxylic acids is 2. The molecule has 1 saturated heterocycles. The van der Waals surface area contributed by atoms with Gasteiger partial charge in [-0.15, -0.1) is 0 Å². The molecule has 2 N–H and O–H groups in total. The molecule has 2 aliphatic heterocycles. The summed E-state index contributed by atoms with van der Waals surface area (Å²) in [5, 5.41) is 6.45. The highest BCUT2D eigenvalue weighted by molar-refractivity contribution is 6.01. The molecular formula is C27H32N4O3. The largest absolute Gasteiger partial charge is 0.489 e. The number of carbonyl (C=O) groups is 2. The van der Waals surface area contributed by atoms with E-state index in [0.717, 1.165) is 48.5 Å². The lowest BCUT2D eigenvalue weighted by atomic mass is 9.92. The molecule has 1 saturated carbocycles. The monoisotopic (exact) mass is 460 g/mol. The molecule has 178 valence electrons. The van der Waals surface area contributed by atoms with Crippen LogP contribution in [0.4, 0.5) is 0 Å². The topological polar surface area (TPSA) is 83.6 Å². The number of fused-ring (bicyclic) bond motifs is 1. The Morgan fingerprint density at radius 2 is 2.03 bits per heavy atom. The number of nitrogens with one attached hydrogen (secondary N) is 2. The average Bonchev–Trinajstić information content (AvgIpc) is 3.15. The maximum absolute atomic E-state index is 13.0. The van der Waals surface area contributed by atoms with E-state index in [0.29, 0.717) is 24.9 Å². The Morgan fingerprint density at radius 3 is 2.82 bits per heavy atom. The normalized spacial score (nSPS) is 24.7. The second-order valence-corrected chi connectivity index (χ2v) is 9.64. The lowest BCUT2D eigenvalue weighted by Crippen LogP contribution is -2.49. The third-order valence-corrected chi connectivity index (χ3v) is 7.14. The zero-order valence-corrected chi connectivity index (χ0v) is 19.7. The zero-order chi connectivity index (χ0) is 23.7. The maximum atomic E-state index is 13.0. The van der Waals surface area contributed by atoms with Gasteiger partial charge in [0.25, 0.3) is 5.91 Å². The number of aromatic nitrogens is 1. The molecule has 3 heterocycles. The average molecular weight is 461 g/mol. The van der Waals surface area contributed by atoms with E-state index >= 15 is 0 Å². The van der Waals surface area contributed by atoms with Crippen LogP contribution in [0.5, 0.6) is 5.75 Å². The van der Waals surface area contributed by atoms with Gasteiger partial charge in [-0.3, -0.25) is 14.6 Å². The zero-order valence-electron chi connectivity index (χ0n) is 19.7. The molecule has 7 nitrogen and oxygen atoms in total. The second kappa shape index (κ2) is 9.58. The summed E-state index contributed by atoms with van der Waals surface area (Å²) in [6.07, 6.45) is 7.71. The highest BCUT2D eigenvalue weighted by Crippen LogP contribution is 2.32. The smallest absolute Gasteiger partial charge is 0.255 e. The SMILES string of the molecule is C=C1CCC(N2Cc3cc(OC4CCCCC4NCc4ccc(C)nc4)ccc3C2=O)C(=O)N1. The minimum Gasteiger partial charge on any atom is -0.489 e. The summed E-state index contributed by atoms with van der Waals surface area (Å²) in [5.74, 6) is 0.553. The quantitative estimate of drug-likeness (QED) is 0.688. The number of hydrogen-bond donors (Lipinski definition) is 2. The second-order valence-electron chi connectivity index (χ2n) is 9.64. The van der Waals surface area contributed by atoms with Crippen LogP contribution in [-0.2, 0) is 17.9 Å². The van der Waals surface area contributed by atoms with Crippen molar-refractivity contribution in [3.05, 3.63) is 71.2 Å². The number of hydrogen-bond acceptors (Lipinski definition) is 5. The molecule has 1 aromatic heterocycles. The third-order valence-electron chi connectivity index (χ3n) is 7.14. The van der Waals surface area contributed by atoms with Crippen LogP contribution in [0.2, 0.25) is 0 Å². The van der Waals surface area contributed by atoms with Crippen LogP contribution < -0.4 is 15.4 Å². The Bertz CT molecular complexity index is 1100. The van der Waals surface area contributed by atoms with Crippen LogP contribution in [0.15, 0.2) is 48.8 Å². The fourth-order valence-electron chi connectivity index (χ4n) is 5.20. The highest BCUT2D eigenvalue weighted by atomic mass is 16.5. The van der Waals surface area contributed by atoms with Gasteiger partial charge in [0.1, 0.15) is 17.9 Å². The molecule has 34 heavy (non-hydrogen) atoms. The number of benzene rings is 1. The van der Waals surface area contributed by atoms with E-state index in [-0.39, 0.29) is 24.0 Å². The van der Waals surface area contributed by atoms with Gasteiger partial charge in [-0.05, 0) is 74.4 Å². The van der Waals surface area contributed by atoms with Gasteiger partial charge in [-0.1, -0.05) is 19.1 Å².